The lowest BCUT2D eigenvalue weighted by molar-refractivity contribution is -0.608. The molecule has 38 heavy (non-hydrogen) atoms. The molecular formula is C28H41Cl2NO6S. The number of aliphatic hydroxyl groups excluding tert-OH is 2. The summed E-state index contributed by atoms with van der Waals surface area (Å²) in [6.45, 7) is 12.3. The van der Waals surface area contributed by atoms with E-state index in [0.29, 0.717) is 35.5 Å². The van der Waals surface area contributed by atoms with Gasteiger partial charge in [0.1, 0.15) is 16.2 Å². The van der Waals surface area contributed by atoms with Gasteiger partial charge in [0, 0.05) is 30.3 Å². The minimum absolute atomic E-state index is 0.147. The van der Waals surface area contributed by atoms with Crippen molar-refractivity contribution in [3.63, 3.8) is 0 Å². The fraction of sp³-hybridized carbons (Fsp3) is 0.750. The van der Waals surface area contributed by atoms with Gasteiger partial charge in [-0.15, -0.1) is 23.2 Å². The number of esters is 1. The summed E-state index contributed by atoms with van der Waals surface area (Å²) in [5.41, 5.74) is -0.586. The summed E-state index contributed by atoms with van der Waals surface area (Å²) in [5.74, 6) is -2.00. The predicted octanol–water partition coefficient (Wildman–Crippen LogP) is 5.37. The number of Topliss-reactive ketones (excluding diaryl/α,β-unsaturated/α-hetero) is 1. The lowest BCUT2D eigenvalue weighted by Crippen LogP contribution is -2.45. The van der Waals surface area contributed by atoms with Crippen molar-refractivity contribution in [2.24, 2.45) is 28.6 Å². The van der Waals surface area contributed by atoms with Gasteiger partial charge in [-0.2, -0.15) is 4.73 Å². The van der Waals surface area contributed by atoms with Gasteiger partial charge in [-0.1, -0.05) is 52.4 Å². The Balaban J connectivity index is 1.95. The Kier molecular flexibility index (Phi) is 9.37. The first-order chi connectivity index (χ1) is 17.4. The number of aromatic nitrogens is 1. The number of rotatable bonds is 2. The van der Waals surface area contributed by atoms with E-state index in [0.717, 1.165) is 11.2 Å². The van der Waals surface area contributed by atoms with Gasteiger partial charge in [0.15, 0.2) is 0 Å². The quantitative estimate of drug-likeness (QED) is 0.208. The number of thiazole rings is 1. The maximum atomic E-state index is 13.3. The fourth-order valence-corrected chi connectivity index (χ4v) is 7.45. The highest BCUT2D eigenvalue weighted by Crippen LogP contribution is 2.73. The highest BCUT2D eigenvalue weighted by molar-refractivity contribution is 7.09. The molecule has 1 aliphatic heterocycles. The molecule has 1 saturated carbocycles. The molecule has 3 rings (SSSR count). The van der Waals surface area contributed by atoms with Gasteiger partial charge in [0.25, 0.3) is 0 Å². The third-order valence-corrected chi connectivity index (χ3v) is 11.3. The van der Waals surface area contributed by atoms with Crippen LogP contribution in [0, 0.1) is 40.7 Å². The van der Waals surface area contributed by atoms with Crippen molar-refractivity contribution in [1.82, 2.24) is 0 Å². The monoisotopic (exact) mass is 589 g/mol. The molecule has 0 amide bonds. The van der Waals surface area contributed by atoms with Crippen LogP contribution in [-0.4, -0.2) is 44.6 Å². The molecule has 0 bridgehead atoms. The number of fused-ring (bicyclic) bond motifs is 1. The lowest BCUT2D eigenvalue weighted by Gasteiger charge is -2.34. The summed E-state index contributed by atoms with van der Waals surface area (Å²) in [4.78, 5) is 26.4. The highest BCUT2D eigenvalue weighted by atomic mass is 35.5. The van der Waals surface area contributed by atoms with Crippen LogP contribution in [0.3, 0.4) is 0 Å². The molecule has 2 aliphatic rings. The van der Waals surface area contributed by atoms with Gasteiger partial charge in [-0.05, 0) is 37.7 Å². The second-order valence-corrected chi connectivity index (χ2v) is 14.6. The largest absolute Gasteiger partial charge is 0.617 e. The van der Waals surface area contributed by atoms with E-state index < -0.39 is 51.8 Å². The van der Waals surface area contributed by atoms with E-state index in [1.807, 2.05) is 13.8 Å². The molecular weight excluding hydrogens is 549 g/mol. The second-order valence-electron chi connectivity index (χ2n) is 12.1. The highest BCUT2D eigenvalue weighted by Gasteiger charge is 2.72. The number of hydrogen-bond acceptors (Lipinski definition) is 7. The van der Waals surface area contributed by atoms with Crippen LogP contribution >= 0.6 is 34.5 Å². The molecule has 10 heteroatoms. The first-order valence-corrected chi connectivity index (χ1v) is 14.9. The number of ether oxygens (including phenoxy) is 1. The number of ketones is 1. The number of carbonyl (C=O) groups excluding carboxylic acids is 2. The summed E-state index contributed by atoms with van der Waals surface area (Å²) < 4.78 is 5.69. The van der Waals surface area contributed by atoms with E-state index in [1.165, 1.54) is 11.3 Å². The van der Waals surface area contributed by atoms with Crippen LogP contribution in [0.25, 0.3) is 6.08 Å². The maximum absolute atomic E-state index is 13.3. The molecule has 1 aliphatic carbocycles. The molecule has 7 unspecified atom stereocenters. The van der Waals surface area contributed by atoms with Crippen molar-refractivity contribution in [2.75, 3.05) is 0 Å². The Morgan fingerprint density at radius 3 is 2.45 bits per heavy atom. The number of halogens is 2. The second kappa shape index (κ2) is 11.4. The van der Waals surface area contributed by atoms with Gasteiger partial charge in [-0.3, -0.25) is 9.59 Å². The molecule has 1 aromatic heterocycles. The Bertz CT molecular complexity index is 1090. The molecule has 0 aromatic carbocycles. The number of nitrogens with zero attached hydrogens (tertiary/aromatic N) is 1. The first kappa shape index (κ1) is 31.3. The van der Waals surface area contributed by atoms with Gasteiger partial charge in [-0.25, -0.2) is 0 Å². The van der Waals surface area contributed by atoms with Crippen LogP contribution < -0.4 is 4.73 Å². The molecule has 1 aromatic rings. The molecule has 2 heterocycles. The fourth-order valence-electron chi connectivity index (χ4n) is 5.79. The minimum atomic E-state index is -1.31. The number of aliphatic hydroxyl groups is 2. The predicted molar refractivity (Wildman–Crippen MR) is 150 cm³/mol. The molecule has 2 fully saturated rings. The normalized spacial score (nSPS) is 36.9. The van der Waals surface area contributed by atoms with Gasteiger partial charge < -0.3 is 20.2 Å². The van der Waals surface area contributed by atoms with E-state index in [-0.39, 0.29) is 17.6 Å². The summed E-state index contributed by atoms with van der Waals surface area (Å²) >= 11 is 14.9. The van der Waals surface area contributed by atoms with E-state index in [9.17, 15) is 25.0 Å². The van der Waals surface area contributed by atoms with Crippen LogP contribution in [0.1, 0.15) is 84.3 Å². The van der Waals surface area contributed by atoms with Crippen molar-refractivity contribution in [2.45, 2.75) is 103 Å². The zero-order valence-corrected chi connectivity index (χ0v) is 25.6. The Hall–Kier alpha value is -1.19. The van der Waals surface area contributed by atoms with Crippen LogP contribution in [-0.2, 0) is 14.3 Å². The van der Waals surface area contributed by atoms with E-state index in [1.54, 1.807) is 46.1 Å². The van der Waals surface area contributed by atoms with E-state index in [2.05, 4.69) is 0 Å². The van der Waals surface area contributed by atoms with Crippen LogP contribution in [0.5, 0.6) is 0 Å². The average Bonchev–Trinajstić information content (AvgIpc) is 3.05. The SMILES string of the molecule is CC(=Cc1csc(C)[n+]1[O-])C1CC2C(Cl)(Cl)C2(C)CCCC(C)C(O)C(C)C(=O)C(C)(C)C(O)CC(=O)O1. The molecule has 0 spiro atoms. The summed E-state index contributed by atoms with van der Waals surface area (Å²) in [6, 6.07) is 0. The summed E-state index contributed by atoms with van der Waals surface area (Å²) in [5, 5.41) is 36.6. The third-order valence-electron chi connectivity index (χ3n) is 9.06. The molecule has 2 N–H and O–H groups in total. The van der Waals surface area contributed by atoms with Crippen molar-refractivity contribution >= 4 is 52.4 Å². The van der Waals surface area contributed by atoms with Crippen LogP contribution in [0.2, 0.25) is 0 Å². The van der Waals surface area contributed by atoms with Crippen LogP contribution in [0.4, 0.5) is 0 Å². The molecule has 7 atom stereocenters. The van der Waals surface area contributed by atoms with Gasteiger partial charge >= 0.3 is 5.97 Å². The lowest BCUT2D eigenvalue weighted by atomic mass is 9.73. The molecule has 0 radical (unpaired) electrons. The van der Waals surface area contributed by atoms with Gasteiger partial charge in [0.05, 0.1) is 29.4 Å². The average molecular weight is 591 g/mol. The minimum Gasteiger partial charge on any atom is -0.617 e. The third kappa shape index (κ3) is 5.95. The van der Waals surface area contributed by atoms with Crippen molar-refractivity contribution < 1.29 is 29.3 Å². The van der Waals surface area contributed by atoms with Crippen molar-refractivity contribution in [1.29, 1.82) is 0 Å². The van der Waals surface area contributed by atoms with E-state index in [4.69, 9.17) is 27.9 Å². The number of carbonyl (C=O) groups is 2. The van der Waals surface area contributed by atoms with E-state index >= 15 is 0 Å². The van der Waals surface area contributed by atoms with Crippen molar-refractivity contribution in [3.05, 3.63) is 26.9 Å². The van der Waals surface area contributed by atoms with Gasteiger partial charge in [0.2, 0.25) is 10.7 Å². The van der Waals surface area contributed by atoms with Crippen LogP contribution in [0.15, 0.2) is 11.0 Å². The number of alkyl halides is 2. The molecule has 214 valence electrons. The number of hydrogen-bond donors (Lipinski definition) is 2. The summed E-state index contributed by atoms with van der Waals surface area (Å²) in [7, 11) is 0. The Labute approximate surface area is 239 Å². The standard InChI is InChI=1S/C28H41Cl2NO6S/c1-15-9-8-10-27(7)21(28(27,29)30)12-20(16(2)11-19-14-38-18(4)31(19)36)37-23(33)13-22(32)26(5,6)25(35)17(3)24(15)34/h11,14-15,17,20-22,24,32,34H,8-10,12-13H2,1-7H3. The number of cyclic esters (lactones) is 1. The Morgan fingerprint density at radius 1 is 1.24 bits per heavy atom. The topological polar surface area (TPSA) is 111 Å². The molecule has 7 nitrogen and oxygen atoms in total. The molecule has 1 saturated heterocycles. The smallest absolute Gasteiger partial charge is 0.309 e. The zero-order chi connectivity index (χ0) is 28.8. The summed E-state index contributed by atoms with van der Waals surface area (Å²) in [6.07, 6.45) is 0.907. The first-order valence-electron chi connectivity index (χ1n) is 13.3. The van der Waals surface area contributed by atoms with Crippen molar-refractivity contribution in [3.8, 4) is 0 Å². The Morgan fingerprint density at radius 2 is 1.87 bits per heavy atom. The zero-order valence-electron chi connectivity index (χ0n) is 23.3. The maximum Gasteiger partial charge on any atom is 0.309 e. The number of aryl methyl sites for hydroxylation is 1.